The topological polar surface area (TPSA) is 56.7 Å². The first-order chi connectivity index (χ1) is 9.58. The van der Waals surface area contributed by atoms with Crippen LogP contribution < -0.4 is 5.73 Å². The lowest BCUT2D eigenvalue weighted by Gasteiger charge is -2.16. The fourth-order valence-corrected chi connectivity index (χ4v) is 2.89. The average Bonchev–Trinajstić information content (AvgIpc) is 3.03. The summed E-state index contributed by atoms with van der Waals surface area (Å²) in [6.45, 7) is 1.85. The van der Waals surface area contributed by atoms with Crippen LogP contribution in [0.25, 0.3) is 11.4 Å². The molecule has 0 atom stereocenters. The Kier molecular flexibility index (Phi) is 3.16. The molecule has 1 aromatic heterocycles. The Hall–Kier alpha value is -1.98. The van der Waals surface area contributed by atoms with Crippen molar-refractivity contribution in [1.82, 2.24) is 14.8 Å². The van der Waals surface area contributed by atoms with Crippen LogP contribution in [0.15, 0.2) is 12.1 Å². The van der Waals surface area contributed by atoms with Gasteiger partial charge in [0.05, 0.1) is 11.3 Å². The van der Waals surface area contributed by atoms with Crippen LogP contribution in [0, 0.1) is 18.6 Å². The molecule has 0 saturated heterocycles. The van der Waals surface area contributed by atoms with Crippen LogP contribution >= 0.6 is 0 Å². The highest BCUT2D eigenvalue weighted by Gasteiger charge is 2.24. The van der Waals surface area contributed by atoms with Gasteiger partial charge in [-0.1, -0.05) is 12.8 Å². The Labute approximate surface area is 115 Å². The van der Waals surface area contributed by atoms with Gasteiger partial charge in [-0.05, 0) is 25.8 Å². The van der Waals surface area contributed by atoms with Crippen LogP contribution in [0.5, 0.6) is 0 Å². The van der Waals surface area contributed by atoms with E-state index >= 15 is 0 Å². The highest BCUT2D eigenvalue weighted by molar-refractivity contribution is 5.63. The number of hydrogen-bond acceptors (Lipinski definition) is 3. The number of nitrogens with zero attached hydrogens (tertiary/aromatic N) is 3. The van der Waals surface area contributed by atoms with Gasteiger partial charge in [-0.15, -0.1) is 10.2 Å². The molecule has 1 saturated carbocycles. The maximum Gasteiger partial charge on any atom is 0.167 e. The third-order valence-corrected chi connectivity index (χ3v) is 3.88. The van der Waals surface area contributed by atoms with Crippen LogP contribution in [-0.4, -0.2) is 14.8 Å². The Morgan fingerprint density at radius 3 is 2.55 bits per heavy atom. The number of nitrogen functional groups attached to an aromatic ring is 1. The second-order valence-corrected chi connectivity index (χ2v) is 5.23. The van der Waals surface area contributed by atoms with E-state index < -0.39 is 11.6 Å². The van der Waals surface area contributed by atoms with Crippen molar-refractivity contribution in [3.8, 4) is 11.4 Å². The summed E-state index contributed by atoms with van der Waals surface area (Å²) < 4.78 is 29.2. The molecule has 6 heteroatoms. The van der Waals surface area contributed by atoms with Gasteiger partial charge in [0.25, 0.3) is 0 Å². The number of benzene rings is 1. The lowest BCUT2D eigenvalue weighted by Crippen LogP contribution is -2.09. The minimum absolute atomic E-state index is 0.0833. The SMILES string of the molecule is Cc1nnc(-c2cc(N)c(F)cc2F)n1C1CCCC1. The summed E-state index contributed by atoms with van der Waals surface area (Å²) >= 11 is 0. The highest BCUT2D eigenvalue weighted by atomic mass is 19.1. The van der Waals surface area contributed by atoms with E-state index in [0.717, 1.165) is 37.6 Å². The van der Waals surface area contributed by atoms with Crippen molar-refractivity contribution in [2.45, 2.75) is 38.6 Å². The number of hydrogen-bond donors (Lipinski definition) is 1. The van der Waals surface area contributed by atoms with Crippen molar-refractivity contribution < 1.29 is 8.78 Å². The van der Waals surface area contributed by atoms with Gasteiger partial charge in [0.1, 0.15) is 17.5 Å². The molecule has 106 valence electrons. The fourth-order valence-electron chi connectivity index (χ4n) is 2.89. The molecule has 0 amide bonds. The van der Waals surface area contributed by atoms with E-state index in [1.165, 1.54) is 6.07 Å². The normalized spacial score (nSPS) is 15.9. The Bertz CT molecular complexity index is 645. The van der Waals surface area contributed by atoms with Crippen molar-refractivity contribution >= 4 is 5.69 Å². The third kappa shape index (κ3) is 2.05. The van der Waals surface area contributed by atoms with Gasteiger partial charge >= 0.3 is 0 Å². The van der Waals surface area contributed by atoms with E-state index in [1.54, 1.807) is 0 Å². The largest absolute Gasteiger partial charge is 0.396 e. The van der Waals surface area contributed by atoms with Gasteiger partial charge in [0.15, 0.2) is 5.82 Å². The maximum absolute atomic E-state index is 14.0. The van der Waals surface area contributed by atoms with Gasteiger partial charge < -0.3 is 10.3 Å². The molecule has 4 nitrogen and oxygen atoms in total. The maximum atomic E-state index is 14.0. The van der Waals surface area contributed by atoms with Crippen LogP contribution in [-0.2, 0) is 0 Å². The summed E-state index contributed by atoms with van der Waals surface area (Å²) in [6.07, 6.45) is 4.36. The molecule has 0 bridgehead atoms. The first-order valence-electron chi connectivity index (χ1n) is 6.74. The van der Waals surface area contributed by atoms with Crippen LogP contribution in [0.3, 0.4) is 0 Å². The number of aryl methyl sites for hydroxylation is 1. The second kappa shape index (κ2) is 4.85. The lowest BCUT2D eigenvalue weighted by molar-refractivity contribution is 0.508. The third-order valence-electron chi connectivity index (χ3n) is 3.88. The van der Waals surface area contributed by atoms with Gasteiger partial charge in [-0.2, -0.15) is 0 Å². The number of anilines is 1. The van der Waals surface area contributed by atoms with E-state index in [9.17, 15) is 8.78 Å². The summed E-state index contributed by atoms with van der Waals surface area (Å²) in [4.78, 5) is 0. The van der Waals surface area contributed by atoms with Crippen molar-refractivity contribution in [3.63, 3.8) is 0 Å². The molecular formula is C14H16F2N4. The Morgan fingerprint density at radius 2 is 1.85 bits per heavy atom. The Balaban J connectivity index is 2.13. The predicted octanol–water partition coefficient (Wildman–Crippen LogP) is 3.23. The molecule has 2 aromatic rings. The van der Waals surface area contributed by atoms with Crippen molar-refractivity contribution in [3.05, 3.63) is 29.6 Å². The summed E-state index contributed by atoms with van der Waals surface area (Å²) in [7, 11) is 0. The molecule has 1 aliphatic carbocycles. The zero-order valence-electron chi connectivity index (χ0n) is 11.2. The van der Waals surface area contributed by atoms with E-state index in [4.69, 9.17) is 5.73 Å². The zero-order valence-corrected chi connectivity index (χ0v) is 11.2. The lowest BCUT2D eigenvalue weighted by atomic mass is 10.1. The molecule has 0 spiro atoms. The van der Waals surface area contributed by atoms with Crippen LogP contribution in [0.1, 0.15) is 37.5 Å². The van der Waals surface area contributed by atoms with Crippen molar-refractivity contribution in [2.24, 2.45) is 0 Å². The second-order valence-electron chi connectivity index (χ2n) is 5.23. The molecule has 0 aliphatic heterocycles. The summed E-state index contributed by atoms with van der Waals surface area (Å²) in [5, 5.41) is 8.10. The van der Waals surface area contributed by atoms with Gasteiger partial charge in [-0.3, -0.25) is 0 Å². The van der Waals surface area contributed by atoms with Crippen LogP contribution in [0.2, 0.25) is 0 Å². The molecule has 0 unspecified atom stereocenters. The minimum Gasteiger partial charge on any atom is -0.396 e. The van der Waals surface area contributed by atoms with Gasteiger partial charge in [0, 0.05) is 12.1 Å². The predicted molar refractivity (Wildman–Crippen MR) is 72.0 cm³/mol. The van der Waals surface area contributed by atoms with Crippen LogP contribution in [0.4, 0.5) is 14.5 Å². The first-order valence-corrected chi connectivity index (χ1v) is 6.74. The number of rotatable bonds is 2. The van der Waals surface area contributed by atoms with Crippen molar-refractivity contribution in [2.75, 3.05) is 5.73 Å². The molecule has 1 fully saturated rings. The summed E-state index contributed by atoms with van der Waals surface area (Å²) in [5.74, 6) is -0.244. The number of aromatic nitrogens is 3. The molecule has 3 rings (SSSR count). The van der Waals surface area contributed by atoms with E-state index in [-0.39, 0.29) is 17.3 Å². The average molecular weight is 278 g/mol. The zero-order chi connectivity index (χ0) is 14.3. The molecule has 0 radical (unpaired) electrons. The fraction of sp³-hybridized carbons (Fsp3) is 0.429. The summed E-state index contributed by atoms with van der Waals surface area (Å²) in [6, 6.07) is 2.37. The molecular weight excluding hydrogens is 262 g/mol. The molecule has 20 heavy (non-hydrogen) atoms. The molecule has 1 aliphatic rings. The minimum atomic E-state index is -0.755. The standard InChI is InChI=1S/C14H16F2N4/c1-8-18-19-14(20(8)9-4-2-3-5-9)10-6-13(17)12(16)7-11(10)15/h6-7,9H,2-5,17H2,1H3. The molecule has 1 heterocycles. The first kappa shape index (κ1) is 13.0. The highest BCUT2D eigenvalue weighted by Crippen LogP contribution is 2.35. The van der Waals surface area contributed by atoms with Gasteiger partial charge in [-0.25, -0.2) is 8.78 Å². The van der Waals surface area contributed by atoms with E-state index in [1.807, 2.05) is 11.5 Å². The monoisotopic (exact) mass is 278 g/mol. The van der Waals surface area contributed by atoms with Crippen molar-refractivity contribution in [1.29, 1.82) is 0 Å². The molecule has 2 N–H and O–H groups in total. The molecule has 1 aromatic carbocycles. The van der Waals surface area contributed by atoms with E-state index in [0.29, 0.717) is 5.82 Å². The number of nitrogens with two attached hydrogens (primary N) is 1. The number of halogens is 2. The van der Waals surface area contributed by atoms with E-state index in [2.05, 4.69) is 10.2 Å². The summed E-state index contributed by atoms with van der Waals surface area (Å²) in [5.41, 5.74) is 5.66. The smallest absolute Gasteiger partial charge is 0.167 e. The van der Waals surface area contributed by atoms with Gasteiger partial charge in [0.2, 0.25) is 0 Å². The Morgan fingerprint density at radius 1 is 1.15 bits per heavy atom. The quantitative estimate of drug-likeness (QED) is 0.858.